The summed E-state index contributed by atoms with van der Waals surface area (Å²) >= 11 is 0. The minimum Gasteiger partial charge on any atom is -0.374 e. The SMILES string of the molecule is CCO[Si](CCCNC(=O)Nc1cccc(C)c1NC(=O)NCCC[Si](OCC)(OCC)OCC)(OCC)OCC. The van der Waals surface area contributed by atoms with Crippen LogP contribution >= 0.6 is 0 Å². The van der Waals surface area contributed by atoms with Crippen LogP contribution in [0, 0.1) is 6.92 Å². The first-order valence-electron chi connectivity index (χ1n) is 14.8. The Morgan fingerprint density at radius 2 is 1.02 bits per heavy atom. The molecule has 0 aromatic heterocycles. The van der Waals surface area contributed by atoms with E-state index >= 15 is 0 Å². The largest absolute Gasteiger partial charge is 0.500 e. The summed E-state index contributed by atoms with van der Waals surface area (Å²) in [6.07, 6.45) is 1.28. The second kappa shape index (κ2) is 20.8. The minimum absolute atomic E-state index is 0.372. The minimum atomic E-state index is -2.76. The number of anilines is 2. The standard InChI is InChI=1S/C27H52N4O8Si2/c1-8-34-40(35-9-2,36-10-3)21-15-19-28-26(32)30-24-18-14-17-23(7)25(24)31-27(33)29-20-16-22-41(37-11-4,38-12-5)39-13-6/h14,17-18H,8-13,15-16,19-22H2,1-7H3,(H2,28,30,32)(H2,29,31,33). The third-order valence-electron chi connectivity index (χ3n) is 5.84. The van der Waals surface area contributed by atoms with Crippen molar-refractivity contribution < 1.29 is 36.1 Å². The summed E-state index contributed by atoms with van der Waals surface area (Å²) in [5.41, 5.74) is 1.83. The van der Waals surface area contributed by atoms with Crippen molar-refractivity contribution in [1.29, 1.82) is 0 Å². The number of carbonyl (C=O) groups is 2. The Balaban J connectivity index is 2.65. The summed E-state index contributed by atoms with van der Waals surface area (Å²) in [5, 5.41) is 11.4. The number of urea groups is 2. The Labute approximate surface area is 248 Å². The van der Waals surface area contributed by atoms with E-state index in [1.807, 2.05) is 60.6 Å². The Hall–Kier alpha value is -2.05. The molecule has 0 radical (unpaired) electrons. The summed E-state index contributed by atoms with van der Waals surface area (Å²) in [7, 11) is -5.52. The van der Waals surface area contributed by atoms with Gasteiger partial charge in [0.25, 0.3) is 0 Å². The van der Waals surface area contributed by atoms with Crippen LogP contribution in [0.2, 0.25) is 12.1 Å². The summed E-state index contributed by atoms with van der Waals surface area (Å²) in [5.74, 6) is 0. The number of para-hydroxylation sites is 1. The van der Waals surface area contributed by atoms with Crippen LogP contribution in [0.15, 0.2) is 18.2 Å². The average molecular weight is 617 g/mol. The van der Waals surface area contributed by atoms with E-state index in [0.29, 0.717) is 89.0 Å². The van der Waals surface area contributed by atoms with Gasteiger partial charge in [-0.05, 0) is 72.9 Å². The van der Waals surface area contributed by atoms with Gasteiger partial charge < -0.3 is 47.8 Å². The second-order valence-corrected chi connectivity index (χ2v) is 14.4. The summed E-state index contributed by atoms with van der Waals surface area (Å²) in [6, 6.07) is 5.88. The Morgan fingerprint density at radius 1 is 0.634 bits per heavy atom. The number of nitrogens with one attached hydrogen (secondary N) is 4. The van der Waals surface area contributed by atoms with Gasteiger partial charge in [0.05, 0.1) is 11.4 Å². The number of hydrogen-bond acceptors (Lipinski definition) is 8. The van der Waals surface area contributed by atoms with Crippen molar-refractivity contribution >= 4 is 41.0 Å². The van der Waals surface area contributed by atoms with Crippen molar-refractivity contribution in [2.45, 2.75) is 73.4 Å². The summed E-state index contributed by atoms with van der Waals surface area (Å²) < 4.78 is 35.2. The molecule has 0 aliphatic carbocycles. The fourth-order valence-corrected chi connectivity index (χ4v) is 9.50. The number of rotatable bonds is 22. The first kappa shape index (κ1) is 37.0. The van der Waals surface area contributed by atoms with E-state index in [1.54, 1.807) is 6.07 Å². The van der Waals surface area contributed by atoms with Gasteiger partial charge in [-0.2, -0.15) is 0 Å². The summed E-state index contributed by atoms with van der Waals surface area (Å²) in [6.45, 7) is 17.2. The third kappa shape index (κ3) is 13.6. The molecule has 14 heteroatoms. The van der Waals surface area contributed by atoms with Gasteiger partial charge in [0, 0.05) is 64.8 Å². The van der Waals surface area contributed by atoms with Gasteiger partial charge in [0.1, 0.15) is 0 Å². The highest BCUT2D eigenvalue weighted by molar-refractivity contribution is 6.61. The number of aryl methyl sites for hydroxylation is 1. The molecule has 4 amide bonds. The maximum atomic E-state index is 12.7. The fourth-order valence-electron chi connectivity index (χ4n) is 4.28. The topological polar surface area (TPSA) is 138 Å². The zero-order chi connectivity index (χ0) is 30.6. The van der Waals surface area contributed by atoms with Crippen molar-refractivity contribution in [3.8, 4) is 0 Å². The van der Waals surface area contributed by atoms with Crippen LogP contribution in [-0.4, -0.2) is 82.4 Å². The molecule has 1 rings (SSSR count). The van der Waals surface area contributed by atoms with Crippen LogP contribution in [0.4, 0.5) is 21.0 Å². The molecule has 4 N–H and O–H groups in total. The fraction of sp³-hybridized carbons (Fsp3) is 0.704. The molecule has 0 saturated heterocycles. The van der Waals surface area contributed by atoms with Crippen LogP contribution in [-0.2, 0) is 26.6 Å². The smallest absolute Gasteiger partial charge is 0.374 e. The first-order chi connectivity index (χ1) is 19.7. The van der Waals surface area contributed by atoms with Gasteiger partial charge >= 0.3 is 29.7 Å². The summed E-state index contributed by atoms with van der Waals surface area (Å²) in [4.78, 5) is 25.4. The zero-order valence-corrected chi connectivity index (χ0v) is 28.0. The van der Waals surface area contributed by atoms with Gasteiger partial charge in [0.15, 0.2) is 0 Å². The molecule has 1 aromatic rings. The molecule has 0 aliphatic rings. The Kier molecular flexibility index (Phi) is 18.7. The molecule has 0 heterocycles. The van der Waals surface area contributed by atoms with E-state index in [1.165, 1.54) is 0 Å². The van der Waals surface area contributed by atoms with E-state index < -0.39 is 17.6 Å². The highest BCUT2D eigenvalue weighted by atomic mass is 28.4. The second-order valence-electron chi connectivity index (χ2n) is 8.93. The predicted octanol–water partition coefficient (Wildman–Crippen LogP) is 5.12. The Bertz CT molecular complexity index is 863. The van der Waals surface area contributed by atoms with E-state index in [0.717, 1.165) is 5.56 Å². The monoisotopic (exact) mass is 616 g/mol. The van der Waals surface area contributed by atoms with Gasteiger partial charge in [-0.15, -0.1) is 0 Å². The van der Waals surface area contributed by atoms with E-state index in [4.69, 9.17) is 26.6 Å². The molecule has 0 atom stereocenters. The first-order valence-corrected chi connectivity index (χ1v) is 18.6. The maximum Gasteiger partial charge on any atom is 0.500 e. The van der Waals surface area contributed by atoms with Crippen LogP contribution in [0.1, 0.15) is 59.9 Å². The lowest BCUT2D eigenvalue weighted by molar-refractivity contribution is 0.0701. The molecule has 0 saturated carbocycles. The average Bonchev–Trinajstić information content (AvgIpc) is 2.92. The van der Waals surface area contributed by atoms with E-state index in [-0.39, 0.29) is 12.1 Å². The quantitative estimate of drug-likeness (QED) is 0.104. The molecular formula is C27H52N4O8Si2. The van der Waals surface area contributed by atoms with Crippen LogP contribution in [0.25, 0.3) is 0 Å². The number of amides is 4. The molecule has 41 heavy (non-hydrogen) atoms. The highest BCUT2D eigenvalue weighted by Gasteiger charge is 2.40. The lowest BCUT2D eigenvalue weighted by atomic mass is 10.1. The van der Waals surface area contributed by atoms with Gasteiger partial charge in [-0.3, -0.25) is 0 Å². The molecule has 12 nitrogen and oxygen atoms in total. The third-order valence-corrected chi connectivity index (χ3v) is 12.1. The lowest BCUT2D eigenvalue weighted by Crippen LogP contribution is -2.46. The van der Waals surface area contributed by atoms with Crippen LogP contribution < -0.4 is 21.3 Å². The van der Waals surface area contributed by atoms with Crippen molar-refractivity contribution in [1.82, 2.24) is 10.6 Å². The molecule has 0 unspecified atom stereocenters. The van der Waals surface area contributed by atoms with Crippen molar-refractivity contribution in [3.05, 3.63) is 23.8 Å². The number of hydrogen-bond donors (Lipinski definition) is 4. The van der Waals surface area contributed by atoms with E-state index in [2.05, 4.69) is 21.3 Å². The highest BCUT2D eigenvalue weighted by Crippen LogP contribution is 2.26. The molecule has 0 bridgehead atoms. The molecule has 236 valence electrons. The van der Waals surface area contributed by atoms with Crippen molar-refractivity contribution in [2.75, 3.05) is 63.4 Å². The molecule has 0 fully saturated rings. The van der Waals surface area contributed by atoms with Crippen molar-refractivity contribution in [2.24, 2.45) is 0 Å². The molecule has 0 spiro atoms. The Morgan fingerprint density at radius 3 is 1.41 bits per heavy atom. The normalized spacial score (nSPS) is 11.8. The van der Waals surface area contributed by atoms with E-state index in [9.17, 15) is 9.59 Å². The predicted molar refractivity (Wildman–Crippen MR) is 165 cm³/mol. The number of benzene rings is 1. The lowest BCUT2D eigenvalue weighted by Gasteiger charge is -2.28. The molecular weight excluding hydrogens is 564 g/mol. The van der Waals surface area contributed by atoms with Gasteiger partial charge in [-0.1, -0.05) is 12.1 Å². The van der Waals surface area contributed by atoms with Crippen LogP contribution in [0.5, 0.6) is 0 Å². The van der Waals surface area contributed by atoms with Crippen molar-refractivity contribution in [3.63, 3.8) is 0 Å². The zero-order valence-electron chi connectivity index (χ0n) is 26.0. The van der Waals surface area contributed by atoms with Gasteiger partial charge in [0.2, 0.25) is 0 Å². The molecule has 1 aromatic carbocycles. The van der Waals surface area contributed by atoms with Crippen LogP contribution in [0.3, 0.4) is 0 Å². The maximum absolute atomic E-state index is 12.7. The van der Waals surface area contributed by atoms with Gasteiger partial charge in [-0.25, -0.2) is 9.59 Å². The number of carbonyl (C=O) groups excluding carboxylic acids is 2. The molecule has 0 aliphatic heterocycles.